The highest BCUT2D eigenvalue weighted by Gasteiger charge is 2.32. The van der Waals surface area contributed by atoms with E-state index >= 15 is 0 Å². The minimum atomic E-state index is -3.93. The van der Waals surface area contributed by atoms with Gasteiger partial charge in [0.05, 0.1) is 28.9 Å². The molecule has 1 heterocycles. The lowest BCUT2D eigenvalue weighted by atomic mass is 10.1. The topological polar surface area (TPSA) is 102 Å². The van der Waals surface area contributed by atoms with Gasteiger partial charge < -0.3 is 14.8 Å². The summed E-state index contributed by atoms with van der Waals surface area (Å²) < 4.78 is 39.4. The van der Waals surface area contributed by atoms with Crippen molar-refractivity contribution in [2.75, 3.05) is 23.3 Å². The van der Waals surface area contributed by atoms with Gasteiger partial charge in [0.1, 0.15) is 5.75 Å². The fraction of sp³-hybridized carbons (Fsp3) is 0.161. The maximum Gasteiger partial charge on any atom is 0.339 e. The van der Waals surface area contributed by atoms with E-state index in [0.717, 1.165) is 11.1 Å². The molecule has 5 rings (SSSR count). The van der Waals surface area contributed by atoms with Crippen LogP contribution in [0.2, 0.25) is 0 Å². The number of amides is 1. The summed E-state index contributed by atoms with van der Waals surface area (Å²) in [5, 5.41) is 2.80. The zero-order chi connectivity index (χ0) is 28.3. The van der Waals surface area contributed by atoms with Crippen LogP contribution >= 0.6 is 0 Å². The lowest BCUT2D eigenvalue weighted by Gasteiger charge is -2.21. The quantitative estimate of drug-likeness (QED) is 0.296. The van der Waals surface area contributed by atoms with E-state index in [4.69, 9.17) is 9.47 Å². The largest absolute Gasteiger partial charge is 0.495 e. The first kappa shape index (κ1) is 27.0. The lowest BCUT2D eigenvalue weighted by molar-refractivity contribution is -0.125. The summed E-state index contributed by atoms with van der Waals surface area (Å²) in [6, 6.07) is 27.0. The molecule has 9 heteroatoms. The number of carbonyl (C=O) groups excluding carboxylic acids is 2. The Morgan fingerprint density at radius 3 is 2.42 bits per heavy atom. The molecule has 0 radical (unpaired) electrons. The number of hydrogen-bond acceptors (Lipinski definition) is 6. The molecular formula is C31H28N2O6S. The Hall–Kier alpha value is -4.63. The van der Waals surface area contributed by atoms with Gasteiger partial charge in [0, 0.05) is 12.1 Å². The molecule has 4 aromatic rings. The number of hydrogen-bond donors (Lipinski definition) is 1. The monoisotopic (exact) mass is 556 g/mol. The molecule has 1 amide bonds. The predicted molar refractivity (Wildman–Crippen MR) is 152 cm³/mol. The minimum Gasteiger partial charge on any atom is -0.495 e. The van der Waals surface area contributed by atoms with Crippen LogP contribution in [0.1, 0.15) is 33.2 Å². The molecular weight excluding hydrogens is 528 g/mol. The number of methoxy groups -OCH3 is 1. The molecule has 204 valence electrons. The molecule has 0 fully saturated rings. The Labute approximate surface area is 233 Å². The van der Waals surface area contributed by atoms with E-state index in [9.17, 15) is 18.0 Å². The summed E-state index contributed by atoms with van der Waals surface area (Å²) in [6.07, 6.45) is -0.693. The average molecular weight is 557 g/mol. The molecule has 0 saturated heterocycles. The molecule has 1 aliphatic rings. The number of para-hydroxylation sites is 1. The van der Waals surface area contributed by atoms with Gasteiger partial charge in [-0.05, 0) is 60.9 Å². The Morgan fingerprint density at radius 2 is 1.65 bits per heavy atom. The molecule has 1 atom stereocenters. The molecule has 0 aromatic heterocycles. The van der Waals surface area contributed by atoms with Crippen molar-refractivity contribution in [2.45, 2.75) is 24.3 Å². The first-order valence-corrected chi connectivity index (χ1v) is 14.1. The van der Waals surface area contributed by atoms with Crippen LogP contribution in [0.5, 0.6) is 5.75 Å². The zero-order valence-electron chi connectivity index (χ0n) is 22.0. The minimum absolute atomic E-state index is 0.00965. The Kier molecular flexibility index (Phi) is 7.57. The molecule has 0 saturated carbocycles. The van der Waals surface area contributed by atoms with Crippen LogP contribution < -0.4 is 14.4 Å². The second-order valence-electron chi connectivity index (χ2n) is 9.37. The molecule has 8 nitrogen and oxygen atoms in total. The van der Waals surface area contributed by atoms with E-state index in [1.54, 1.807) is 54.6 Å². The Balaban J connectivity index is 1.42. The number of benzene rings is 4. The van der Waals surface area contributed by atoms with E-state index < -0.39 is 28.0 Å². The van der Waals surface area contributed by atoms with Gasteiger partial charge in [-0.1, -0.05) is 60.7 Å². The molecule has 0 unspecified atom stereocenters. The van der Waals surface area contributed by atoms with Crippen molar-refractivity contribution >= 4 is 33.3 Å². The van der Waals surface area contributed by atoms with Crippen LogP contribution in [0.15, 0.2) is 102 Å². The third-order valence-corrected chi connectivity index (χ3v) is 8.49. The van der Waals surface area contributed by atoms with E-state index in [2.05, 4.69) is 5.32 Å². The normalized spacial score (nSPS) is 13.3. The second kappa shape index (κ2) is 11.2. The van der Waals surface area contributed by atoms with Crippen LogP contribution in [0.25, 0.3) is 0 Å². The van der Waals surface area contributed by atoms with Gasteiger partial charge in [0.25, 0.3) is 15.9 Å². The number of aryl methyl sites for hydroxylation is 1. The van der Waals surface area contributed by atoms with Gasteiger partial charge in [-0.2, -0.15) is 0 Å². The summed E-state index contributed by atoms with van der Waals surface area (Å²) in [6.45, 7) is 2.20. The Morgan fingerprint density at radius 1 is 0.900 bits per heavy atom. The van der Waals surface area contributed by atoms with Gasteiger partial charge in [0.2, 0.25) is 6.10 Å². The van der Waals surface area contributed by atoms with Crippen LogP contribution in [-0.4, -0.2) is 33.9 Å². The molecule has 0 spiro atoms. The number of carbonyl (C=O) groups is 2. The van der Waals surface area contributed by atoms with Crippen LogP contribution in [0, 0.1) is 6.92 Å². The van der Waals surface area contributed by atoms with Crippen LogP contribution in [-0.2, 0) is 26.0 Å². The van der Waals surface area contributed by atoms with Crippen molar-refractivity contribution in [1.82, 2.24) is 0 Å². The van der Waals surface area contributed by atoms with E-state index in [0.29, 0.717) is 35.7 Å². The second-order valence-corrected chi connectivity index (χ2v) is 11.2. The number of rotatable bonds is 8. The first-order valence-electron chi connectivity index (χ1n) is 12.7. The van der Waals surface area contributed by atoms with Crippen LogP contribution in [0.3, 0.4) is 0 Å². The van der Waals surface area contributed by atoms with Crippen LogP contribution in [0.4, 0.5) is 11.4 Å². The van der Waals surface area contributed by atoms with E-state index in [1.165, 1.54) is 35.7 Å². The van der Waals surface area contributed by atoms with E-state index in [-0.39, 0.29) is 10.5 Å². The summed E-state index contributed by atoms with van der Waals surface area (Å²) in [5.41, 5.74) is 3.38. The van der Waals surface area contributed by atoms with Crippen molar-refractivity contribution in [2.24, 2.45) is 0 Å². The summed E-state index contributed by atoms with van der Waals surface area (Å²) >= 11 is 0. The molecule has 0 bridgehead atoms. The van der Waals surface area contributed by atoms with Crippen molar-refractivity contribution in [3.63, 3.8) is 0 Å². The highest BCUT2D eigenvalue weighted by Crippen LogP contribution is 2.33. The number of fused-ring (bicyclic) bond motifs is 1. The summed E-state index contributed by atoms with van der Waals surface area (Å²) in [5.74, 6) is -0.960. The number of nitrogens with zero attached hydrogens (tertiary/aromatic N) is 1. The van der Waals surface area contributed by atoms with Crippen molar-refractivity contribution < 1.29 is 27.5 Å². The van der Waals surface area contributed by atoms with Crippen molar-refractivity contribution in [1.29, 1.82) is 0 Å². The highest BCUT2D eigenvalue weighted by molar-refractivity contribution is 7.92. The number of nitrogens with one attached hydrogen (secondary N) is 1. The molecule has 0 aliphatic carbocycles. The number of esters is 1. The third-order valence-electron chi connectivity index (χ3n) is 6.68. The molecule has 40 heavy (non-hydrogen) atoms. The first-order chi connectivity index (χ1) is 19.3. The lowest BCUT2D eigenvalue weighted by Crippen LogP contribution is -2.29. The number of anilines is 2. The maximum absolute atomic E-state index is 13.5. The van der Waals surface area contributed by atoms with E-state index in [1.807, 2.05) is 25.1 Å². The van der Waals surface area contributed by atoms with Gasteiger partial charge >= 0.3 is 5.97 Å². The SMILES string of the molecule is COc1ccc(C)cc1NC(=O)[C@H](OC(=O)c1cccc(S(=O)(=O)N2CCc3ccccc32)c1)c1ccccc1. The van der Waals surface area contributed by atoms with Gasteiger partial charge in [-0.15, -0.1) is 0 Å². The Bertz CT molecular complexity index is 1670. The van der Waals surface area contributed by atoms with Gasteiger partial charge in [-0.25, -0.2) is 13.2 Å². The number of sulfonamides is 1. The standard InChI is InChI=1S/C31H28N2O6S/c1-21-15-16-28(38-2)26(19-21)32-30(34)29(23-10-4-3-5-11-23)39-31(35)24-12-8-13-25(20-24)40(36,37)33-18-17-22-9-6-7-14-27(22)33/h3-16,19-20,29H,17-18H2,1-2H3,(H,32,34)/t29-/m1/s1. The molecule has 4 aromatic carbocycles. The fourth-order valence-corrected chi connectivity index (χ4v) is 6.21. The summed E-state index contributed by atoms with van der Waals surface area (Å²) in [7, 11) is -2.43. The average Bonchev–Trinajstić information content (AvgIpc) is 3.41. The predicted octanol–water partition coefficient (Wildman–Crippen LogP) is 5.29. The molecule has 1 aliphatic heterocycles. The fourth-order valence-electron chi connectivity index (χ4n) is 4.66. The molecule has 1 N–H and O–H groups in total. The van der Waals surface area contributed by atoms with Gasteiger partial charge in [-0.3, -0.25) is 9.10 Å². The third kappa shape index (κ3) is 5.41. The van der Waals surface area contributed by atoms with Crippen molar-refractivity contribution in [3.05, 3.63) is 119 Å². The van der Waals surface area contributed by atoms with Crippen molar-refractivity contribution in [3.8, 4) is 5.75 Å². The summed E-state index contributed by atoms with van der Waals surface area (Å²) in [4.78, 5) is 26.7. The van der Waals surface area contributed by atoms with Gasteiger partial charge in [0.15, 0.2) is 0 Å². The zero-order valence-corrected chi connectivity index (χ0v) is 22.9. The maximum atomic E-state index is 13.5. The highest BCUT2D eigenvalue weighted by atomic mass is 32.2. The number of ether oxygens (including phenoxy) is 2. The smallest absolute Gasteiger partial charge is 0.339 e.